The van der Waals surface area contributed by atoms with Crippen LogP contribution in [0.5, 0.6) is 0 Å². The van der Waals surface area contributed by atoms with Crippen molar-refractivity contribution in [1.82, 2.24) is 0 Å². The van der Waals surface area contributed by atoms with Gasteiger partial charge in [-0.1, -0.05) is 18.2 Å². The fraction of sp³-hybridized carbons (Fsp3) is 0.278. The number of carbonyl (C=O) groups excluding carboxylic acids is 1. The molecule has 0 heterocycles. The molecule has 1 unspecified atom stereocenters. The molecule has 5 heteroatoms. The normalized spacial score (nSPS) is 11.7. The second-order valence-corrected chi connectivity index (χ2v) is 5.83. The van der Waals surface area contributed by atoms with Gasteiger partial charge in [0.05, 0.1) is 11.9 Å². The van der Waals surface area contributed by atoms with Crippen molar-refractivity contribution in [2.75, 3.05) is 17.7 Å². The van der Waals surface area contributed by atoms with E-state index in [-0.39, 0.29) is 5.97 Å². The summed E-state index contributed by atoms with van der Waals surface area (Å²) in [5.74, 6) is -0.264. The third-order valence-corrected chi connectivity index (χ3v) is 3.92. The molecule has 0 fully saturated rings. The van der Waals surface area contributed by atoms with Crippen LogP contribution in [0.15, 0.2) is 48.5 Å². The van der Waals surface area contributed by atoms with E-state index < -0.39 is 5.25 Å². The Balaban J connectivity index is 2.02. The molecule has 2 aromatic rings. The van der Waals surface area contributed by atoms with E-state index in [1.165, 1.54) is 0 Å². The van der Waals surface area contributed by atoms with Gasteiger partial charge in [-0.2, -0.15) is 12.6 Å². The van der Waals surface area contributed by atoms with Gasteiger partial charge in [0.1, 0.15) is 0 Å². The van der Waals surface area contributed by atoms with Crippen molar-refractivity contribution >= 4 is 35.7 Å². The lowest BCUT2D eigenvalue weighted by Crippen LogP contribution is -2.18. The van der Waals surface area contributed by atoms with Crippen molar-refractivity contribution < 1.29 is 9.53 Å². The van der Waals surface area contributed by atoms with Crippen LogP contribution >= 0.6 is 12.6 Å². The second-order valence-electron chi connectivity index (χ2n) is 5.21. The first-order valence-electron chi connectivity index (χ1n) is 7.65. The molecule has 122 valence electrons. The van der Waals surface area contributed by atoms with E-state index in [1.54, 1.807) is 6.92 Å². The Morgan fingerprint density at radius 1 is 1.22 bits per heavy atom. The Labute approximate surface area is 142 Å². The summed E-state index contributed by atoms with van der Waals surface area (Å²) in [4.78, 5) is 11.6. The Kier molecular flexibility index (Phi) is 6.35. The first-order valence-corrected chi connectivity index (χ1v) is 8.17. The quantitative estimate of drug-likeness (QED) is 0.410. The highest BCUT2D eigenvalue weighted by molar-refractivity contribution is 7.81. The van der Waals surface area contributed by atoms with Gasteiger partial charge in [0.15, 0.2) is 0 Å². The molecule has 2 aromatic carbocycles. The molecule has 0 spiro atoms. The molecular weight excluding hydrogens is 308 g/mol. The van der Waals surface area contributed by atoms with E-state index in [0.717, 1.165) is 29.0 Å². The average molecular weight is 330 g/mol. The second kappa shape index (κ2) is 8.48. The maximum absolute atomic E-state index is 11.6. The van der Waals surface area contributed by atoms with Crippen LogP contribution in [0.4, 0.5) is 17.1 Å². The number of anilines is 3. The van der Waals surface area contributed by atoms with Gasteiger partial charge in [-0.05, 0) is 55.7 Å². The zero-order valence-electron chi connectivity index (χ0n) is 13.2. The van der Waals surface area contributed by atoms with Crippen LogP contribution in [0.1, 0.15) is 18.9 Å². The molecule has 0 aromatic heterocycles. The molecule has 0 aliphatic heterocycles. The van der Waals surface area contributed by atoms with Crippen molar-refractivity contribution in [1.29, 1.82) is 0 Å². The molecular formula is C18H22N2O2S. The van der Waals surface area contributed by atoms with Crippen LogP contribution in [0.3, 0.4) is 0 Å². The van der Waals surface area contributed by atoms with Crippen molar-refractivity contribution in [3.63, 3.8) is 0 Å². The minimum absolute atomic E-state index is 0.264. The zero-order chi connectivity index (χ0) is 16.7. The number of esters is 1. The molecule has 23 heavy (non-hydrogen) atoms. The van der Waals surface area contributed by atoms with Gasteiger partial charge in [-0.15, -0.1) is 0 Å². The number of ether oxygens (including phenoxy) is 1. The number of nitrogen functional groups attached to an aromatic ring is 1. The highest BCUT2D eigenvalue weighted by Crippen LogP contribution is 2.23. The largest absolute Gasteiger partial charge is 0.465 e. The zero-order valence-corrected chi connectivity index (χ0v) is 14.1. The smallest absolute Gasteiger partial charge is 0.318 e. The third-order valence-electron chi connectivity index (χ3n) is 3.45. The Hall–Kier alpha value is -2.14. The predicted octanol–water partition coefficient (Wildman–Crippen LogP) is 3.81. The molecule has 2 rings (SSSR count). The Morgan fingerprint density at radius 3 is 2.61 bits per heavy atom. The molecule has 0 radical (unpaired) electrons. The van der Waals surface area contributed by atoms with E-state index >= 15 is 0 Å². The Bertz CT molecular complexity index is 644. The number of hydrogen-bond acceptors (Lipinski definition) is 5. The van der Waals surface area contributed by atoms with E-state index in [0.29, 0.717) is 13.0 Å². The number of carbonyl (C=O) groups is 1. The molecule has 1 atom stereocenters. The van der Waals surface area contributed by atoms with E-state index in [2.05, 4.69) is 17.9 Å². The SMILES string of the molecule is CCOC(=O)C(S)CCc1ccccc1Nc1ccc(N)cc1. The number of aryl methyl sites for hydroxylation is 1. The van der Waals surface area contributed by atoms with Gasteiger partial charge in [0.2, 0.25) is 0 Å². The lowest BCUT2D eigenvalue weighted by Gasteiger charge is -2.14. The van der Waals surface area contributed by atoms with Crippen LogP contribution in [-0.2, 0) is 16.0 Å². The molecule has 0 aliphatic rings. The molecule has 0 aliphatic carbocycles. The molecule has 3 N–H and O–H groups in total. The van der Waals surface area contributed by atoms with Crippen LogP contribution in [0, 0.1) is 0 Å². The summed E-state index contributed by atoms with van der Waals surface area (Å²) in [5.41, 5.74) is 9.56. The minimum atomic E-state index is -0.403. The summed E-state index contributed by atoms with van der Waals surface area (Å²) in [6.45, 7) is 2.18. The number of benzene rings is 2. The molecule has 0 amide bonds. The van der Waals surface area contributed by atoms with Crippen LogP contribution in [-0.4, -0.2) is 17.8 Å². The number of para-hydroxylation sites is 1. The van der Waals surface area contributed by atoms with Crippen molar-refractivity contribution in [2.24, 2.45) is 0 Å². The standard InChI is InChI=1S/C18H22N2O2S/c1-2-22-18(21)17(23)12-7-13-5-3-4-6-16(13)20-15-10-8-14(19)9-11-15/h3-6,8-11,17,20,23H,2,7,12,19H2,1H3. The monoisotopic (exact) mass is 330 g/mol. The average Bonchev–Trinajstić information content (AvgIpc) is 2.56. The molecule has 0 bridgehead atoms. The van der Waals surface area contributed by atoms with E-state index in [1.807, 2.05) is 48.5 Å². The highest BCUT2D eigenvalue weighted by atomic mass is 32.1. The predicted molar refractivity (Wildman–Crippen MR) is 98.3 cm³/mol. The summed E-state index contributed by atoms with van der Waals surface area (Å²) < 4.78 is 4.99. The van der Waals surface area contributed by atoms with E-state index in [9.17, 15) is 4.79 Å². The van der Waals surface area contributed by atoms with Gasteiger partial charge >= 0.3 is 5.97 Å². The van der Waals surface area contributed by atoms with Crippen molar-refractivity contribution in [3.05, 3.63) is 54.1 Å². The fourth-order valence-electron chi connectivity index (χ4n) is 2.23. The number of nitrogens with two attached hydrogens (primary N) is 1. The minimum Gasteiger partial charge on any atom is -0.465 e. The van der Waals surface area contributed by atoms with E-state index in [4.69, 9.17) is 10.5 Å². The van der Waals surface area contributed by atoms with Crippen LogP contribution in [0.2, 0.25) is 0 Å². The van der Waals surface area contributed by atoms with Crippen LogP contribution < -0.4 is 11.1 Å². The maximum atomic E-state index is 11.6. The summed E-state index contributed by atoms with van der Waals surface area (Å²) >= 11 is 4.33. The summed E-state index contributed by atoms with van der Waals surface area (Å²) in [6, 6.07) is 15.6. The van der Waals surface area contributed by atoms with Gasteiger partial charge in [0, 0.05) is 17.1 Å². The van der Waals surface area contributed by atoms with Gasteiger partial charge in [-0.3, -0.25) is 4.79 Å². The van der Waals surface area contributed by atoms with Crippen molar-refractivity contribution in [2.45, 2.75) is 25.0 Å². The number of rotatable bonds is 7. The third kappa shape index (κ3) is 5.21. The fourth-order valence-corrected chi connectivity index (χ4v) is 2.43. The van der Waals surface area contributed by atoms with Gasteiger partial charge < -0.3 is 15.8 Å². The number of thiol groups is 1. The van der Waals surface area contributed by atoms with Crippen LogP contribution in [0.25, 0.3) is 0 Å². The lowest BCUT2D eigenvalue weighted by molar-refractivity contribution is -0.142. The number of nitrogens with one attached hydrogen (secondary N) is 1. The molecule has 4 nitrogen and oxygen atoms in total. The summed E-state index contributed by atoms with van der Waals surface area (Å²) in [7, 11) is 0. The molecule has 0 saturated carbocycles. The number of hydrogen-bond donors (Lipinski definition) is 3. The lowest BCUT2D eigenvalue weighted by atomic mass is 10.1. The van der Waals surface area contributed by atoms with Gasteiger partial charge in [-0.25, -0.2) is 0 Å². The topological polar surface area (TPSA) is 64.3 Å². The first-order chi connectivity index (χ1) is 11.1. The highest BCUT2D eigenvalue weighted by Gasteiger charge is 2.15. The first kappa shape index (κ1) is 17.2. The maximum Gasteiger partial charge on any atom is 0.318 e. The van der Waals surface area contributed by atoms with Gasteiger partial charge in [0.25, 0.3) is 0 Å². The molecule has 0 saturated heterocycles. The summed E-state index contributed by atoms with van der Waals surface area (Å²) in [6.07, 6.45) is 1.37. The van der Waals surface area contributed by atoms with Crippen molar-refractivity contribution in [3.8, 4) is 0 Å². The Morgan fingerprint density at radius 2 is 1.91 bits per heavy atom. The summed E-state index contributed by atoms with van der Waals surface area (Å²) in [5, 5.41) is 2.98.